The number of amides is 1. The molecule has 2 unspecified atom stereocenters. The highest BCUT2D eigenvalue weighted by Gasteiger charge is 2.30. The number of hydrogen-bond acceptors (Lipinski definition) is 3. The fourth-order valence-corrected chi connectivity index (χ4v) is 1.99. The van der Waals surface area contributed by atoms with Crippen LogP contribution < -0.4 is 11.1 Å². The minimum Gasteiger partial charge on any atom is -0.481 e. The van der Waals surface area contributed by atoms with E-state index >= 15 is 0 Å². The highest BCUT2D eigenvalue weighted by molar-refractivity contribution is 5.80. The van der Waals surface area contributed by atoms with Crippen molar-refractivity contribution in [1.29, 1.82) is 0 Å². The first-order valence-corrected chi connectivity index (χ1v) is 5.35. The molecule has 1 rings (SSSR count). The summed E-state index contributed by atoms with van der Waals surface area (Å²) in [7, 11) is 0. The van der Waals surface area contributed by atoms with E-state index in [1.54, 1.807) is 0 Å². The predicted molar refractivity (Wildman–Crippen MR) is 55.1 cm³/mol. The zero-order chi connectivity index (χ0) is 11.3. The molecular formula is C10H18N2O3. The van der Waals surface area contributed by atoms with Crippen molar-refractivity contribution in [2.45, 2.75) is 25.7 Å². The predicted octanol–water partition coefficient (Wildman–Crippen LogP) is -0.0477. The van der Waals surface area contributed by atoms with Gasteiger partial charge in [0, 0.05) is 19.0 Å². The number of aliphatic carboxylic acids is 1. The third kappa shape index (κ3) is 3.51. The number of carboxylic acid groups (broad SMARTS) is 1. The van der Waals surface area contributed by atoms with E-state index in [1.807, 2.05) is 0 Å². The van der Waals surface area contributed by atoms with Gasteiger partial charge in [-0.1, -0.05) is 6.42 Å². The van der Waals surface area contributed by atoms with Gasteiger partial charge in [0.1, 0.15) is 0 Å². The Morgan fingerprint density at radius 3 is 2.60 bits per heavy atom. The lowest BCUT2D eigenvalue weighted by Gasteiger charge is -2.25. The molecule has 1 amide bonds. The maximum atomic E-state index is 11.6. The molecule has 0 spiro atoms. The van der Waals surface area contributed by atoms with Gasteiger partial charge in [0.25, 0.3) is 0 Å². The van der Waals surface area contributed by atoms with Crippen LogP contribution in [0.25, 0.3) is 0 Å². The van der Waals surface area contributed by atoms with E-state index in [9.17, 15) is 9.59 Å². The number of hydrogen-bond donors (Lipinski definition) is 3. The van der Waals surface area contributed by atoms with Gasteiger partial charge in [-0.05, 0) is 19.3 Å². The standard InChI is InChI=1S/C10H18N2O3/c11-4-5-12-9(13)7-2-1-3-8(6-7)10(14)15/h7-8H,1-6,11H2,(H,12,13)(H,14,15). The van der Waals surface area contributed by atoms with Crippen molar-refractivity contribution in [3.8, 4) is 0 Å². The molecule has 0 aromatic heterocycles. The van der Waals surface area contributed by atoms with Crippen molar-refractivity contribution in [3.05, 3.63) is 0 Å². The fourth-order valence-electron chi connectivity index (χ4n) is 1.99. The summed E-state index contributed by atoms with van der Waals surface area (Å²) >= 11 is 0. The summed E-state index contributed by atoms with van der Waals surface area (Å²) in [6.45, 7) is 0.883. The van der Waals surface area contributed by atoms with E-state index in [2.05, 4.69) is 5.32 Å². The molecule has 2 atom stereocenters. The SMILES string of the molecule is NCCNC(=O)C1CCCC(C(=O)O)C1. The van der Waals surface area contributed by atoms with Gasteiger partial charge in [-0.2, -0.15) is 0 Å². The number of carboxylic acids is 1. The fraction of sp³-hybridized carbons (Fsp3) is 0.800. The average molecular weight is 214 g/mol. The molecule has 0 aromatic carbocycles. The van der Waals surface area contributed by atoms with Crippen LogP contribution in [0.15, 0.2) is 0 Å². The quantitative estimate of drug-likeness (QED) is 0.612. The van der Waals surface area contributed by atoms with Crippen molar-refractivity contribution in [3.63, 3.8) is 0 Å². The minimum absolute atomic E-state index is 0.0496. The molecule has 0 aliphatic heterocycles. The molecule has 1 aliphatic carbocycles. The Kier molecular flexibility index (Phi) is 4.55. The first-order chi connectivity index (χ1) is 7.15. The Labute approximate surface area is 89.0 Å². The van der Waals surface area contributed by atoms with E-state index < -0.39 is 5.97 Å². The summed E-state index contributed by atoms with van der Waals surface area (Å²) < 4.78 is 0. The molecule has 1 saturated carbocycles. The molecule has 0 saturated heterocycles. The van der Waals surface area contributed by atoms with Gasteiger partial charge in [-0.3, -0.25) is 9.59 Å². The zero-order valence-corrected chi connectivity index (χ0v) is 8.74. The van der Waals surface area contributed by atoms with Crippen molar-refractivity contribution >= 4 is 11.9 Å². The number of rotatable bonds is 4. The summed E-state index contributed by atoms with van der Waals surface area (Å²) in [5.41, 5.74) is 5.27. The van der Waals surface area contributed by atoms with Crippen LogP contribution in [-0.2, 0) is 9.59 Å². The largest absolute Gasteiger partial charge is 0.481 e. The van der Waals surface area contributed by atoms with Gasteiger partial charge in [-0.25, -0.2) is 0 Å². The molecule has 1 fully saturated rings. The van der Waals surface area contributed by atoms with Crippen LogP contribution in [0, 0.1) is 11.8 Å². The van der Waals surface area contributed by atoms with Crippen LogP contribution >= 0.6 is 0 Å². The molecule has 0 heterocycles. The highest BCUT2D eigenvalue weighted by Crippen LogP contribution is 2.29. The van der Waals surface area contributed by atoms with Crippen LogP contribution in [0.2, 0.25) is 0 Å². The first-order valence-electron chi connectivity index (χ1n) is 5.35. The molecule has 0 bridgehead atoms. The van der Waals surface area contributed by atoms with E-state index in [0.717, 1.165) is 12.8 Å². The number of nitrogens with two attached hydrogens (primary N) is 1. The van der Waals surface area contributed by atoms with Crippen LogP contribution in [0.4, 0.5) is 0 Å². The van der Waals surface area contributed by atoms with Crippen LogP contribution in [0.1, 0.15) is 25.7 Å². The molecule has 0 radical (unpaired) electrons. The molecule has 5 heteroatoms. The molecule has 1 aliphatic rings. The maximum absolute atomic E-state index is 11.6. The Hall–Kier alpha value is -1.10. The van der Waals surface area contributed by atoms with Crippen LogP contribution in [0.5, 0.6) is 0 Å². The number of carbonyl (C=O) groups is 2. The lowest BCUT2D eigenvalue weighted by atomic mass is 9.81. The Morgan fingerprint density at radius 2 is 2.00 bits per heavy atom. The average Bonchev–Trinajstić information content (AvgIpc) is 2.26. The third-order valence-corrected chi connectivity index (χ3v) is 2.84. The highest BCUT2D eigenvalue weighted by atomic mass is 16.4. The van der Waals surface area contributed by atoms with Crippen molar-refractivity contribution in [2.24, 2.45) is 17.6 Å². The van der Waals surface area contributed by atoms with E-state index in [-0.39, 0.29) is 17.7 Å². The van der Waals surface area contributed by atoms with Crippen LogP contribution in [-0.4, -0.2) is 30.1 Å². The Balaban J connectivity index is 2.41. The summed E-state index contributed by atoms with van der Waals surface area (Å²) in [5, 5.41) is 11.6. The second-order valence-electron chi connectivity index (χ2n) is 3.98. The number of nitrogens with one attached hydrogen (secondary N) is 1. The Bertz CT molecular complexity index is 243. The number of carbonyl (C=O) groups excluding carboxylic acids is 1. The third-order valence-electron chi connectivity index (χ3n) is 2.84. The van der Waals surface area contributed by atoms with Gasteiger partial charge in [-0.15, -0.1) is 0 Å². The summed E-state index contributed by atoms with van der Waals surface area (Å²) in [6.07, 6.45) is 2.76. The van der Waals surface area contributed by atoms with E-state index in [4.69, 9.17) is 10.8 Å². The molecular weight excluding hydrogens is 196 g/mol. The van der Waals surface area contributed by atoms with Gasteiger partial charge in [0.15, 0.2) is 0 Å². The second kappa shape index (κ2) is 5.70. The zero-order valence-electron chi connectivity index (χ0n) is 8.74. The van der Waals surface area contributed by atoms with Gasteiger partial charge in [0.05, 0.1) is 5.92 Å². The molecule has 5 nitrogen and oxygen atoms in total. The topological polar surface area (TPSA) is 92.4 Å². The lowest BCUT2D eigenvalue weighted by molar-refractivity contribution is -0.144. The lowest BCUT2D eigenvalue weighted by Crippen LogP contribution is -2.37. The van der Waals surface area contributed by atoms with Gasteiger partial charge in [0.2, 0.25) is 5.91 Å². The normalized spacial score (nSPS) is 25.9. The van der Waals surface area contributed by atoms with Gasteiger partial charge < -0.3 is 16.2 Å². The molecule has 86 valence electrons. The first kappa shape index (κ1) is 12.0. The Morgan fingerprint density at radius 1 is 1.33 bits per heavy atom. The summed E-state index contributed by atoms with van der Waals surface area (Å²) in [4.78, 5) is 22.4. The monoisotopic (exact) mass is 214 g/mol. The van der Waals surface area contributed by atoms with Crippen molar-refractivity contribution in [2.75, 3.05) is 13.1 Å². The molecule has 0 aromatic rings. The maximum Gasteiger partial charge on any atom is 0.306 e. The summed E-state index contributed by atoms with van der Waals surface area (Å²) in [5.74, 6) is -1.34. The van der Waals surface area contributed by atoms with Crippen molar-refractivity contribution in [1.82, 2.24) is 5.32 Å². The summed E-state index contributed by atoms with van der Waals surface area (Å²) in [6, 6.07) is 0. The molecule has 4 N–H and O–H groups in total. The van der Waals surface area contributed by atoms with E-state index in [0.29, 0.717) is 25.9 Å². The smallest absolute Gasteiger partial charge is 0.306 e. The minimum atomic E-state index is -0.786. The van der Waals surface area contributed by atoms with Crippen LogP contribution in [0.3, 0.4) is 0 Å². The van der Waals surface area contributed by atoms with E-state index in [1.165, 1.54) is 0 Å². The second-order valence-corrected chi connectivity index (χ2v) is 3.98. The van der Waals surface area contributed by atoms with Crippen molar-refractivity contribution < 1.29 is 14.7 Å². The van der Waals surface area contributed by atoms with Gasteiger partial charge >= 0.3 is 5.97 Å². The molecule has 15 heavy (non-hydrogen) atoms.